The molecule has 0 aromatic heterocycles. The molecule has 0 bridgehead atoms. The van der Waals surface area contributed by atoms with Gasteiger partial charge in [0.1, 0.15) is 5.75 Å². The van der Waals surface area contributed by atoms with Crippen LogP contribution in [-0.4, -0.2) is 34.7 Å². The van der Waals surface area contributed by atoms with Gasteiger partial charge in [-0.2, -0.15) is 5.10 Å². The molecular weight excluding hydrogens is 372 g/mol. The highest BCUT2D eigenvalue weighted by atomic mass is 32.2. The predicted molar refractivity (Wildman–Crippen MR) is 113 cm³/mol. The Bertz CT molecular complexity index is 926. The lowest BCUT2D eigenvalue weighted by molar-refractivity contribution is -0.120. The third-order valence-electron chi connectivity index (χ3n) is 4.81. The van der Waals surface area contributed by atoms with Crippen LogP contribution in [0.2, 0.25) is 0 Å². The van der Waals surface area contributed by atoms with Gasteiger partial charge in [0.05, 0.1) is 24.1 Å². The first-order valence-corrected chi connectivity index (χ1v) is 10.1. The lowest BCUT2D eigenvalue weighted by atomic mass is 10.0. The maximum atomic E-state index is 12.6. The molecule has 1 N–H and O–H groups in total. The third kappa shape index (κ3) is 3.75. The number of benzene rings is 2. The Morgan fingerprint density at radius 3 is 2.86 bits per heavy atom. The molecule has 2 aliphatic rings. The summed E-state index contributed by atoms with van der Waals surface area (Å²) in [5.74, 6) is 0.775. The van der Waals surface area contributed by atoms with Crippen LogP contribution in [0.4, 0.5) is 5.69 Å². The van der Waals surface area contributed by atoms with E-state index in [1.807, 2.05) is 60.6 Å². The summed E-state index contributed by atoms with van der Waals surface area (Å²) in [4.78, 5) is 17.3. The topological polar surface area (TPSA) is 66.3 Å². The average molecular weight is 395 g/mol. The number of amidine groups is 1. The molecule has 0 saturated heterocycles. The number of ether oxygens (including phenoxy) is 1. The van der Waals surface area contributed by atoms with Crippen molar-refractivity contribution in [1.82, 2.24) is 10.3 Å². The van der Waals surface area contributed by atoms with Gasteiger partial charge in [0.15, 0.2) is 5.17 Å². The lowest BCUT2D eigenvalue weighted by Crippen LogP contribution is -2.34. The number of rotatable bonds is 5. The minimum absolute atomic E-state index is 0.0258. The number of hydrogen-bond donors (Lipinski definition) is 1. The number of nitrogens with one attached hydrogen (secondary N) is 1. The molecule has 2 heterocycles. The zero-order valence-electron chi connectivity index (χ0n) is 15.8. The second-order valence-electron chi connectivity index (χ2n) is 6.67. The number of para-hydroxylation sites is 1. The van der Waals surface area contributed by atoms with E-state index >= 15 is 0 Å². The summed E-state index contributed by atoms with van der Waals surface area (Å²) in [6, 6.07) is 16.0. The van der Waals surface area contributed by atoms with E-state index < -0.39 is 0 Å². The minimum atomic E-state index is -0.279. The number of methoxy groups -OCH3 is 1. The fourth-order valence-corrected chi connectivity index (χ4v) is 4.19. The van der Waals surface area contributed by atoms with Crippen LogP contribution in [0, 0.1) is 0 Å². The fourth-order valence-electron chi connectivity index (χ4n) is 3.25. The molecule has 6 nitrogen and oxygen atoms in total. The first kappa shape index (κ1) is 18.6. The van der Waals surface area contributed by atoms with Crippen molar-refractivity contribution in [3.63, 3.8) is 0 Å². The monoisotopic (exact) mass is 394 g/mol. The second kappa shape index (κ2) is 8.06. The van der Waals surface area contributed by atoms with Gasteiger partial charge < -0.3 is 10.1 Å². The molecule has 0 radical (unpaired) electrons. The van der Waals surface area contributed by atoms with Gasteiger partial charge in [-0.05, 0) is 30.7 Å². The number of hydrazone groups is 1. The Morgan fingerprint density at radius 1 is 1.29 bits per heavy atom. The third-order valence-corrected chi connectivity index (χ3v) is 5.87. The standard InChI is InChI=1S/C21H22N4O2S/c1-14(20(26)22-13-15-7-9-16(27-2)10-8-15)28-21-24-18-6-4-3-5-17(18)19-11-12-23-25(19)21/h3-10,12,14,19H,11,13H2,1-2H3,(H,22,26)/t14-,19+/m1/s1. The summed E-state index contributed by atoms with van der Waals surface area (Å²) in [6.45, 7) is 2.37. The normalized spacial score (nSPS) is 18.1. The van der Waals surface area contributed by atoms with Crippen LogP contribution >= 0.6 is 11.8 Å². The maximum Gasteiger partial charge on any atom is 0.233 e. The van der Waals surface area contributed by atoms with Gasteiger partial charge in [-0.3, -0.25) is 4.79 Å². The first-order chi connectivity index (χ1) is 13.7. The van der Waals surface area contributed by atoms with E-state index in [2.05, 4.69) is 16.5 Å². The molecule has 0 aliphatic carbocycles. The molecule has 0 spiro atoms. The molecule has 2 atom stereocenters. The molecule has 1 amide bonds. The Labute approximate surface area is 168 Å². The molecule has 28 heavy (non-hydrogen) atoms. The average Bonchev–Trinajstić information content (AvgIpc) is 3.23. The smallest absolute Gasteiger partial charge is 0.233 e. The SMILES string of the molecule is COc1ccc(CNC(=O)[C@@H](C)SC2=Nc3ccccc3[C@@H]3CC=NN23)cc1. The van der Waals surface area contributed by atoms with Crippen molar-refractivity contribution in [2.24, 2.45) is 10.1 Å². The van der Waals surface area contributed by atoms with Gasteiger partial charge in [-0.25, -0.2) is 10.0 Å². The summed E-state index contributed by atoms with van der Waals surface area (Å²) in [5.41, 5.74) is 3.17. The van der Waals surface area contributed by atoms with Crippen LogP contribution in [0.15, 0.2) is 58.6 Å². The van der Waals surface area contributed by atoms with Crippen LogP contribution in [-0.2, 0) is 11.3 Å². The van der Waals surface area contributed by atoms with Crippen molar-refractivity contribution in [1.29, 1.82) is 0 Å². The molecule has 2 aromatic carbocycles. The van der Waals surface area contributed by atoms with Crippen molar-refractivity contribution in [3.8, 4) is 5.75 Å². The van der Waals surface area contributed by atoms with E-state index in [4.69, 9.17) is 9.73 Å². The van der Waals surface area contributed by atoms with E-state index in [1.165, 1.54) is 17.3 Å². The van der Waals surface area contributed by atoms with Crippen LogP contribution in [0.3, 0.4) is 0 Å². The summed E-state index contributed by atoms with van der Waals surface area (Å²) in [5, 5.41) is 9.89. The van der Waals surface area contributed by atoms with Crippen LogP contribution in [0.25, 0.3) is 0 Å². The van der Waals surface area contributed by atoms with E-state index in [9.17, 15) is 4.79 Å². The number of carbonyl (C=O) groups excluding carboxylic acids is 1. The largest absolute Gasteiger partial charge is 0.497 e. The van der Waals surface area contributed by atoms with Gasteiger partial charge in [-0.1, -0.05) is 42.1 Å². The Morgan fingerprint density at radius 2 is 2.07 bits per heavy atom. The van der Waals surface area contributed by atoms with E-state index in [0.717, 1.165) is 28.6 Å². The van der Waals surface area contributed by atoms with E-state index in [1.54, 1.807) is 7.11 Å². The molecular formula is C21H22N4O2S. The number of fused-ring (bicyclic) bond motifs is 3. The summed E-state index contributed by atoms with van der Waals surface area (Å²) in [7, 11) is 1.64. The zero-order valence-corrected chi connectivity index (χ0v) is 16.6. The Hall–Kier alpha value is -2.80. The fraction of sp³-hybridized carbons (Fsp3) is 0.286. The number of nitrogens with zero attached hydrogens (tertiary/aromatic N) is 3. The van der Waals surface area contributed by atoms with Crippen molar-refractivity contribution in [3.05, 3.63) is 59.7 Å². The molecule has 0 unspecified atom stereocenters. The number of amides is 1. The van der Waals surface area contributed by atoms with Crippen LogP contribution in [0.1, 0.15) is 30.5 Å². The zero-order chi connectivity index (χ0) is 19.5. The van der Waals surface area contributed by atoms with Gasteiger partial charge in [-0.15, -0.1) is 0 Å². The van der Waals surface area contributed by atoms with Crippen LogP contribution < -0.4 is 10.1 Å². The molecule has 2 aromatic rings. The van der Waals surface area contributed by atoms with Crippen molar-refractivity contribution >= 4 is 34.7 Å². The molecule has 0 fully saturated rings. The highest BCUT2D eigenvalue weighted by molar-refractivity contribution is 8.14. The molecule has 2 aliphatic heterocycles. The van der Waals surface area contributed by atoms with Gasteiger partial charge in [0.25, 0.3) is 0 Å². The highest BCUT2D eigenvalue weighted by Gasteiger charge is 2.34. The van der Waals surface area contributed by atoms with E-state index in [0.29, 0.717) is 6.54 Å². The van der Waals surface area contributed by atoms with Crippen molar-refractivity contribution < 1.29 is 9.53 Å². The van der Waals surface area contributed by atoms with Crippen molar-refractivity contribution in [2.75, 3.05) is 7.11 Å². The first-order valence-electron chi connectivity index (χ1n) is 9.22. The van der Waals surface area contributed by atoms with E-state index in [-0.39, 0.29) is 17.2 Å². The summed E-state index contributed by atoms with van der Waals surface area (Å²) >= 11 is 1.44. The van der Waals surface area contributed by atoms with Gasteiger partial charge >= 0.3 is 0 Å². The highest BCUT2D eigenvalue weighted by Crippen LogP contribution is 2.41. The molecule has 0 saturated carbocycles. The Balaban J connectivity index is 1.41. The summed E-state index contributed by atoms with van der Waals surface area (Å²) < 4.78 is 5.16. The molecule has 4 rings (SSSR count). The second-order valence-corrected chi connectivity index (χ2v) is 7.98. The van der Waals surface area contributed by atoms with Gasteiger partial charge in [0.2, 0.25) is 5.91 Å². The predicted octanol–water partition coefficient (Wildman–Crippen LogP) is 3.87. The minimum Gasteiger partial charge on any atom is -0.497 e. The number of hydrogen-bond acceptors (Lipinski definition) is 6. The summed E-state index contributed by atoms with van der Waals surface area (Å²) in [6.07, 6.45) is 2.77. The van der Waals surface area contributed by atoms with Crippen molar-refractivity contribution in [2.45, 2.75) is 31.2 Å². The molecule has 7 heteroatoms. The van der Waals surface area contributed by atoms with Crippen LogP contribution in [0.5, 0.6) is 5.75 Å². The number of thioether (sulfide) groups is 1. The Kier molecular flexibility index (Phi) is 5.34. The number of aliphatic imine (C=N–C) groups is 1. The maximum absolute atomic E-state index is 12.6. The lowest BCUT2D eigenvalue weighted by Gasteiger charge is -2.30. The molecule has 144 valence electrons. The number of carbonyl (C=O) groups is 1. The quantitative estimate of drug-likeness (QED) is 0.836. The van der Waals surface area contributed by atoms with Gasteiger partial charge in [0, 0.05) is 24.7 Å².